The molecule has 118 valence electrons. The number of nitrogens with zero attached hydrogens (tertiary/aromatic N) is 1. The van der Waals surface area contributed by atoms with E-state index >= 15 is 0 Å². The van der Waals surface area contributed by atoms with Gasteiger partial charge in [-0.2, -0.15) is 0 Å². The van der Waals surface area contributed by atoms with Gasteiger partial charge in [-0.15, -0.1) is 0 Å². The second-order valence-electron chi connectivity index (χ2n) is 4.85. The van der Waals surface area contributed by atoms with Crippen molar-refractivity contribution in [1.29, 1.82) is 0 Å². The van der Waals surface area contributed by atoms with Crippen LogP contribution in [0.25, 0.3) is 0 Å². The molecular weight excluding hydrogens is 308 g/mol. The standard InChI is InChI=1S/C15H17ClN2O4/c1-9-4-3-5-11(16)12(9)17-13-10(15(21)22-2)8-18(6-7-19)14(13)20/h3-5,17,19H,6-8H2,1-2H3. The molecule has 0 saturated heterocycles. The number of ether oxygens (including phenoxy) is 1. The van der Waals surface area contributed by atoms with Crippen LogP contribution in [0, 0.1) is 6.92 Å². The van der Waals surface area contributed by atoms with E-state index in [9.17, 15) is 9.59 Å². The molecule has 0 aromatic heterocycles. The first-order valence-electron chi connectivity index (χ1n) is 6.73. The number of anilines is 1. The maximum Gasteiger partial charge on any atom is 0.337 e. The summed E-state index contributed by atoms with van der Waals surface area (Å²) in [6.45, 7) is 1.90. The molecule has 0 saturated carbocycles. The van der Waals surface area contributed by atoms with E-state index in [-0.39, 0.29) is 36.9 Å². The molecule has 7 heteroatoms. The van der Waals surface area contributed by atoms with Crippen molar-refractivity contribution in [2.45, 2.75) is 6.92 Å². The van der Waals surface area contributed by atoms with Gasteiger partial charge in [0, 0.05) is 6.54 Å². The number of aryl methyl sites for hydroxylation is 1. The lowest BCUT2D eigenvalue weighted by Crippen LogP contribution is -2.31. The van der Waals surface area contributed by atoms with E-state index in [2.05, 4.69) is 5.32 Å². The quantitative estimate of drug-likeness (QED) is 0.799. The minimum atomic E-state index is -0.582. The zero-order valence-electron chi connectivity index (χ0n) is 12.4. The van der Waals surface area contributed by atoms with Crippen LogP contribution in [0.1, 0.15) is 5.56 Å². The van der Waals surface area contributed by atoms with Gasteiger partial charge in [0.2, 0.25) is 0 Å². The van der Waals surface area contributed by atoms with Crippen LogP contribution in [0.3, 0.4) is 0 Å². The number of hydrogen-bond acceptors (Lipinski definition) is 5. The molecular formula is C15H17ClN2O4. The molecule has 0 bridgehead atoms. The van der Waals surface area contributed by atoms with Crippen LogP contribution in [-0.2, 0) is 14.3 Å². The van der Waals surface area contributed by atoms with Crippen LogP contribution >= 0.6 is 11.6 Å². The summed E-state index contributed by atoms with van der Waals surface area (Å²) in [6.07, 6.45) is 0. The Hall–Kier alpha value is -2.05. The molecule has 0 atom stereocenters. The third-order valence-electron chi connectivity index (χ3n) is 3.43. The van der Waals surface area contributed by atoms with Crippen molar-refractivity contribution < 1.29 is 19.4 Å². The normalized spacial score (nSPS) is 14.5. The van der Waals surface area contributed by atoms with Crippen LogP contribution in [0.15, 0.2) is 29.5 Å². The van der Waals surface area contributed by atoms with E-state index in [4.69, 9.17) is 21.4 Å². The van der Waals surface area contributed by atoms with E-state index in [1.807, 2.05) is 13.0 Å². The van der Waals surface area contributed by atoms with Gasteiger partial charge in [-0.1, -0.05) is 23.7 Å². The number of aliphatic hydroxyl groups is 1. The SMILES string of the molecule is COC(=O)C1=C(Nc2c(C)cccc2Cl)C(=O)N(CCO)C1. The average Bonchev–Trinajstić information content (AvgIpc) is 2.80. The minimum absolute atomic E-state index is 0.0951. The minimum Gasteiger partial charge on any atom is -0.466 e. The van der Waals surface area contributed by atoms with Gasteiger partial charge in [0.15, 0.2) is 0 Å². The fourth-order valence-corrected chi connectivity index (χ4v) is 2.53. The van der Waals surface area contributed by atoms with E-state index in [1.165, 1.54) is 12.0 Å². The number of esters is 1. The van der Waals surface area contributed by atoms with Crippen molar-refractivity contribution >= 4 is 29.2 Å². The van der Waals surface area contributed by atoms with Crippen LogP contribution < -0.4 is 5.32 Å². The maximum absolute atomic E-state index is 12.4. The first-order chi connectivity index (χ1) is 10.5. The van der Waals surface area contributed by atoms with Crippen LogP contribution in [-0.4, -0.2) is 48.7 Å². The van der Waals surface area contributed by atoms with Gasteiger partial charge in [-0.05, 0) is 18.6 Å². The van der Waals surface area contributed by atoms with E-state index in [1.54, 1.807) is 12.1 Å². The van der Waals surface area contributed by atoms with Gasteiger partial charge in [0.1, 0.15) is 5.70 Å². The highest BCUT2D eigenvalue weighted by molar-refractivity contribution is 6.33. The van der Waals surface area contributed by atoms with Gasteiger partial charge in [-0.25, -0.2) is 4.79 Å². The number of β-amino-alcohol motifs (C(OH)–C–C–N with tert-alkyl or cyclic N) is 1. The zero-order chi connectivity index (χ0) is 16.3. The molecule has 0 unspecified atom stereocenters. The number of amides is 1. The fraction of sp³-hybridized carbons (Fsp3) is 0.333. The third kappa shape index (κ3) is 3.08. The van der Waals surface area contributed by atoms with Gasteiger partial charge in [-0.3, -0.25) is 4.79 Å². The second kappa shape index (κ2) is 6.81. The summed E-state index contributed by atoms with van der Waals surface area (Å²) in [5.41, 5.74) is 1.77. The molecule has 1 aromatic carbocycles. The first kappa shape index (κ1) is 16.3. The second-order valence-corrected chi connectivity index (χ2v) is 5.26. The molecule has 0 fully saturated rings. The maximum atomic E-state index is 12.4. The summed E-state index contributed by atoms with van der Waals surface area (Å²) in [5, 5.41) is 12.4. The number of hydrogen-bond donors (Lipinski definition) is 2. The van der Waals surface area contributed by atoms with Gasteiger partial charge >= 0.3 is 5.97 Å². The Morgan fingerprint density at radius 2 is 2.23 bits per heavy atom. The number of carbonyl (C=O) groups excluding carboxylic acids is 2. The lowest BCUT2D eigenvalue weighted by atomic mass is 10.1. The summed E-state index contributed by atoms with van der Waals surface area (Å²) in [7, 11) is 1.26. The lowest BCUT2D eigenvalue weighted by molar-refractivity contribution is -0.136. The van der Waals surface area contributed by atoms with Crippen molar-refractivity contribution in [2.75, 3.05) is 32.1 Å². The monoisotopic (exact) mass is 324 g/mol. The molecule has 1 aliphatic rings. The highest BCUT2D eigenvalue weighted by atomic mass is 35.5. The predicted molar refractivity (Wildman–Crippen MR) is 82.5 cm³/mol. The van der Waals surface area contributed by atoms with E-state index < -0.39 is 5.97 Å². The smallest absolute Gasteiger partial charge is 0.337 e. The summed E-state index contributed by atoms with van der Waals surface area (Å²) >= 11 is 6.15. The van der Waals surface area contributed by atoms with Gasteiger partial charge in [0.25, 0.3) is 5.91 Å². The molecule has 2 rings (SSSR count). The van der Waals surface area contributed by atoms with Crippen molar-refractivity contribution in [3.05, 3.63) is 40.1 Å². The zero-order valence-corrected chi connectivity index (χ0v) is 13.1. The van der Waals surface area contributed by atoms with Crippen molar-refractivity contribution in [3.63, 3.8) is 0 Å². The highest BCUT2D eigenvalue weighted by Gasteiger charge is 2.34. The number of carbonyl (C=O) groups is 2. The van der Waals surface area contributed by atoms with Crippen LogP contribution in [0.2, 0.25) is 5.02 Å². The molecule has 1 aliphatic heterocycles. The molecule has 1 amide bonds. The van der Waals surface area contributed by atoms with E-state index in [0.29, 0.717) is 10.7 Å². The largest absolute Gasteiger partial charge is 0.466 e. The molecule has 0 aliphatic carbocycles. The Morgan fingerprint density at radius 3 is 2.82 bits per heavy atom. The predicted octanol–water partition coefficient (Wildman–Crippen LogP) is 1.32. The summed E-state index contributed by atoms with van der Waals surface area (Å²) in [4.78, 5) is 25.7. The molecule has 1 heterocycles. The number of methoxy groups -OCH3 is 1. The third-order valence-corrected chi connectivity index (χ3v) is 3.74. The van der Waals surface area contributed by atoms with Gasteiger partial charge in [0.05, 0.1) is 36.5 Å². The summed E-state index contributed by atoms with van der Waals surface area (Å²) < 4.78 is 4.73. The first-order valence-corrected chi connectivity index (χ1v) is 7.11. The van der Waals surface area contributed by atoms with Crippen molar-refractivity contribution in [3.8, 4) is 0 Å². The Labute approximate surface area is 133 Å². The van der Waals surface area contributed by atoms with E-state index in [0.717, 1.165) is 5.56 Å². The van der Waals surface area contributed by atoms with Gasteiger partial charge < -0.3 is 20.1 Å². The number of para-hydroxylation sites is 1. The van der Waals surface area contributed by atoms with Crippen LogP contribution in [0.4, 0.5) is 5.69 Å². The number of aliphatic hydroxyl groups excluding tert-OH is 1. The highest BCUT2D eigenvalue weighted by Crippen LogP contribution is 2.29. The number of halogens is 1. The molecule has 22 heavy (non-hydrogen) atoms. The Kier molecular flexibility index (Phi) is 5.05. The number of nitrogens with one attached hydrogen (secondary N) is 1. The Bertz CT molecular complexity index is 622. The Morgan fingerprint density at radius 1 is 1.50 bits per heavy atom. The number of benzene rings is 1. The molecule has 1 aromatic rings. The average molecular weight is 325 g/mol. The fourth-order valence-electron chi connectivity index (χ4n) is 2.26. The summed E-state index contributed by atoms with van der Waals surface area (Å²) in [6, 6.07) is 5.34. The summed E-state index contributed by atoms with van der Waals surface area (Å²) in [5.74, 6) is -0.949. The van der Waals surface area contributed by atoms with Crippen molar-refractivity contribution in [1.82, 2.24) is 4.90 Å². The molecule has 0 spiro atoms. The molecule has 0 radical (unpaired) electrons. The van der Waals surface area contributed by atoms with Crippen LogP contribution in [0.5, 0.6) is 0 Å². The number of rotatable bonds is 5. The van der Waals surface area contributed by atoms with Crippen molar-refractivity contribution in [2.24, 2.45) is 0 Å². The Balaban J connectivity index is 2.39. The lowest BCUT2D eigenvalue weighted by Gasteiger charge is -2.16. The topological polar surface area (TPSA) is 78.9 Å². The molecule has 6 nitrogen and oxygen atoms in total. The molecule has 2 N–H and O–H groups in total.